The first kappa shape index (κ1) is 18.4. The highest BCUT2D eigenvalue weighted by Crippen LogP contribution is 2.34. The molecule has 0 saturated carbocycles. The Morgan fingerprint density at radius 2 is 1.77 bits per heavy atom. The summed E-state index contributed by atoms with van der Waals surface area (Å²) in [6.45, 7) is 0.0177. The van der Waals surface area contributed by atoms with Gasteiger partial charge in [0.15, 0.2) is 0 Å². The van der Waals surface area contributed by atoms with Gasteiger partial charge in [-0.2, -0.15) is 13.2 Å². The molecule has 1 aromatic heterocycles. The molecule has 0 aliphatic heterocycles. The molecule has 0 aliphatic carbocycles. The van der Waals surface area contributed by atoms with E-state index in [0.29, 0.717) is 12.0 Å². The van der Waals surface area contributed by atoms with Gasteiger partial charge in [0, 0.05) is 12.8 Å². The Balaban J connectivity index is 0.00000242. The summed E-state index contributed by atoms with van der Waals surface area (Å²) >= 11 is 0. The first-order valence-electron chi connectivity index (χ1n) is 6.41. The van der Waals surface area contributed by atoms with Crippen molar-refractivity contribution in [1.82, 2.24) is 4.98 Å². The molecule has 0 amide bonds. The number of aromatic nitrogens is 1. The van der Waals surface area contributed by atoms with Gasteiger partial charge < -0.3 is 10.8 Å². The van der Waals surface area contributed by atoms with Gasteiger partial charge in [0.2, 0.25) is 0 Å². The number of hydrogen-bond donors (Lipinski definition) is 2. The third-order valence-electron chi connectivity index (χ3n) is 3.18. The predicted molar refractivity (Wildman–Crippen MR) is 79.7 cm³/mol. The molecule has 0 bridgehead atoms. The molecule has 0 aliphatic rings. The minimum atomic E-state index is -4.49. The maximum Gasteiger partial charge on any atom is 0.418 e. The van der Waals surface area contributed by atoms with Crippen molar-refractivity contribution in [3.63, 3.8) is 0 Å². The summed E-state index contributed by atoms with van der Waals surface area (Å²) in [4.78, 5) is 3.80. The number of halogens is 4. The number of rotatable bonds is 4. The number of pyridine rings is 1. The van der Waals surface area contributed by atoms with E-state index in [0.717, 1.165) is 11.6 Å². The molecule has 7 heteroatoms. The molecule has 2 aromatic rings. The molecule has 3 N–H and O–H groups in total. The van der Waals surface area contributed by atoms with Crippen molar-refractivity contribution in [3.05, 3.63) is 65.0 Å². The van der Waals surface area contributed by atoms with Crippen LogP contribution < -0.4 is 5.73 Å². The van der Waals surface area contributed by atoms with Crippen molar-refractivity contribution in [1.29, 1.82) is 0 Å². The quantitative estimate of drug-likeness (QED) is 0.904. The normalized spacial score (nSPS) is 12.6. The topological polar surface area (TPSA) is 59.1 Å². The van der Waals surface area contributed by atoms with Gasteiger partial charge >= 0.3 is 6.18 Å². The fraction of sp³-hybridized carbons (Fsp3) is 0.267. The maximum absolute atomic E-state index is 13.0. The summed E-state index contributed by atoms with van der Waals surface area (Å²) in [7, 11) is 0. The zero-order valence-electron chi connectivity index (χ0n) is 11.5. The summed E-state index contributed by atoms with van der Waals surface area (Å²) in [5, 5.41) is 8.84. The minimum Gasteiger partial charge on any atom is -0.396 e. The van der Waals surface area contributed by atoms with Gasteiger partial charge in [-0.05, 0) is 29.7 Å². The van der Waals surface area contributed by atoms with Crippen LogP contribution in [0.5, 0.6) is 0 Å². The van der Waals surface area contributed by atoms with Crippen LogP contribution >= 0.6 is 12.4 Å². The zero-order valence-corrected chi connectivity index (χ0v) is 12.4. The highest BCUT2D eigenvalue weighted by Gasteiger charge is 2.35. The van der Waals surface area contributed by atoms with E-state index in [9.17, 15) is 13.2 Å². The van der Waals surface area contributed by atoms with Gasteiger partial charge in [0.05, 0.1) is 17.3 Å². The summed E-state index contributed by atoms with van der Waals surface area (Å²) in [6.07, 6.45) is -2.70. The van der Waals surface area contributed by atoms with Gasteiger partial charge in [0.1, 0.15) is 0 Å². The largest absolute Gasteiger partial charge is 0.418 e. The molecule has 1 unspecified atom stereocenters. The van der Waals surface area contributed by atoms with Crippen LogP contribution in [0.4, 0.5) is 13.2 Å². The van der Waals surface area contributed by atoms with E-state index in [1.165, 1.54) is 12.3 Å². The molecule has 0 radical (unpaired) electrons. The molecule has 2 rings (SSSR count). The second-order valence-electron chi connectivity index (χ2n) is 4.63. The lowest BCUT2D eigenvalue weighted by atomic mass is 9.98. The standard InChI is InChI=1S/C15H15F3N2O.ClH/c16-15(17,18)12-2-1-8-20-14(12)13(19)11-5-3-10(4-6-11)7-9-21;/h1-6,8,13,21H,7,9,19H2;1H. The SMILES string of the molecule is Cl.NC(c1ccc(CCO)cc1)c1ncccc1C(F)(F)F. The lowest BCUT2D eigenvalue weighted by Gasteiger charge is -2.17. The Labute approximate surface area is 132 Å². The van der Waals surface area contributed by atoms with Gasteiger partial charge in [-0.25, -0.2) is 0 Å². The van der Waals surface area contributed by atoms with Crippen LogP contribution in [0.15, 0.2) is 42.6 Å². The van der Waals surface area contributed by atoms with Crippen molar-refractivity contribution < 1.29 is 18.3 Å². The Bertz CT molecular complexity index is 602. The number of alkyl halides is 3. The first-order valence-corrected chi connectivity index (χ1v) is 6.41. The predicted octanol–water partition coefficient (Wildman–Crippen LogP) is 3.11. The Hall–Kier alpha value is -1.63. The second kappa shape index (κ2) is 7.58. The van der Waals surface area contributed by atoms with Crippen molar-refractivity contribution >= 4 is 12.4 Å². The number of nitrogens with zero attached hydrogens (tertiary/aromatic N) is 1. The maximum atomic E-state index is 13.0. The average molecular weight is 333 g/mol. The van der Waals surface area contributed by atoms with E-state index in [4.69, 9.17) is 10.8 Å². The van der Waals surface area contributed by atoms with Crippen molar-refractivity contribution in [2.45, 2.75) is 18.6 Å². The van der Waals surface area contributed by atoms with Gasteiger partial charge in [-0.3, -0.25) is 4.98 Å². The van der Waals surface area contributed by atoms with E-state index in [1.54, 1.807) is 24.3 Å². The molecule has 1 aromatic carbocycles. The minimum absolute atomic E-state index is 0. The molecule has 1 heterocycles. The Kier molecular flexibility index (Phi) is 6.34. The van der Waals surface area contributed by atoms with Crippen molar-refractivity contribution in [2.75, 3.05) is 6.61 Å². The number of hydrogen-bond acceptors (Lipinski definition) is 3. The molecule has 0 fully saturated rings. The molecule has 0 spiro atoms. The van der Waals surface area contributed by atoms with E-state index in [-0.39, 0.29) is 24.7 Å². The zero-order chi connectivity index (χ0) is 15.5. The number of nitrogens with two attached hydrogens (primary N) is 1. The third kappa shape index (κ3) is 4.19. The molecular weight excluding hydrogens is 317 g/mol. The monoisotopic (exact) mass is 332 g/mol. The lowest BCUT2D eigenvalue weighted by molar-refractivity contribution is -0.138. The highest BCUT2D eigenvalue weighted by atomic mass is 35.5. The molecule has 1 atom stereocenters. The molecule has 120 valence electrons. The summed E-state index contributed by atoms with van der Waals surface area (Å²) < 4.78 is 38.9. The molecule has 3 nitrogen and oxygen atoms in total. The van der Waals surface area contributed by atoms with Crippen LogP contribution in [0.3, 0.4) is 0 Å². The van der Waals surface area contributed by atoms with E-state index in [1.807, 2.05) is 0 Å². The van der Waals surface area contributed by atoms with Crippen LogP contribution in [0, 0.1) is 0 Å². The Morgan fingerprint density at radius 1 is 1.14 bits per heavy atom. The van der Waals surface area contributed by atoms with Crippen LogP contribution in [0.2, 0.25) is 0 Å². The summed E-state index contributed by atoms with van der Waals surface area (Å²) in [5.74, 6) is 0. The van der Waals surface area contributed by atoms with Crippen LogP contribution in [-0.2, 0) is 12.6 Å². The third-order valence-corrected chi connectivity index (χ3v) is 3.18. The van der Waals surface area contributed by atoms with Gasteiger partial charge in [-0.1, -0.05) is 24.3 Å². The van der Waals surface area contributed by atoms with E-state index < -0.39 is 17.8 Å². The van der Waals surface area contributed by atoms with Gasteiger partial charge in [-0.15, -0.1) is 12.4 Å². The smallest absolute Gasteiger partial charge is 0.396 e. The Morgan fingerprint density at radius 3 is 2.32 bits per heavy atom. The van der Waals surface area contributed by atoms with Crippen LogP contribution in [0.25, 0.3) is 0 Å². The highest BCUT2D eigenvalue weighted by molar-refractivity contribution is 5.85. The number of aliphatic hydroxyl groups excluding tert-OH is 1. The first-order chi connectivity index (χ1) is 9.93. The summed E-state index contributed by atoms with van der Waals surface area (Å²) in [5.41, 5.74) is 6.35. The second-order valence-corrected chi connectivity index (χ2v) is 4.63. The van der Waals surface area contributed by atoms with Crippen molar-refractivity contribution in [3.8, 4) is 0 Å². The van der Waals surface area contributed by atoms with Crippen LogP contribution in [0.1, 0.15) is 28.4 Å². The van der Waals surface area contributed by atoms with Gasteiger partial charge in [0.25, 0.3) is 0 Å². The average Bonchev–Trinajstić information content (AvgIpc) is 2.47. The number of aliphatic hydroxyl groups is 1. The summed E-state index contributed by atoms with van der Waals surface area (Å²) in [6, 6.07) is 8.05. The number of benzene rings is 1. The van der Waals surface area contributed by atoms with Crippen LogP contribution in [-0.4, -0.2) is 16.7 Å². The molecular formula is C15H16ClF3N2O. The fourth-order valence-corrected chi connectivity index (χ4v) is 2.08. The lowest BCUT2D eigenvalue weighted by Crippen LogP contribution is -2.20. The molecule has 22 heavy (non-hydrogen) atoms. The van der Waals surface area contributed by atoms with E-state index in [2.05, 4.69) is 4.98 Å². The van der Waals surface area contributed by atoms with E-state index >= 15 is 0 Å². The fourth-order valence-electron chi connectivity index (χ4n) is 2.08. The van der Waals surface area contributed by atoms with Crippen molar-refractivity contribution in [2.24, 2.45) is 5.73 Å². The molecule has 0 saturated heterocycles.